The number of rotatable bonds is 4. The van der Waals surface area contributed by atoms with Gasteiger partial charge in [-0.15, -0.1) is 11.8 Å². The van der Waals surface area contributed by atoms with Gasteiger partial charge >= 0.3 is 5.97 Å². The van der Waals surface area contributed by atoms with Crippen molar-refractivity contribution >= 4 is 17.7 Å². The van der Waals surface area contributed by atoms with E-state index in [-0.39, 0.29) is 0 Å². The second kappa shape index (κ2) is 5.16. The van der Waals surface area contributed by atoms with Crippen LogP contribution in [-0.2, 0) is 0 Å². The predicted octanol–water partition coefficient (Wildman–Crippen LogP) is 2.98. The summed E-state index contributed by atoms with van der Waals surface area (Å²) in [5, 5.41) is 10.1. The molecule has 0 saturated carbocycles. The normalized spacial score (nSPS) is 12.5. The lowest BCUT2D eigenvalue weighted by molar-refractivity contribution is 0.0691. The van der Waals surface area contributed by atoms with Crippen molar-refractivity contribution in [2.75, 3.05) is 0 Å². The third-order valence-electron chi connectivity index (χ3n) is 2.23. The summed E-state index contributed by atoms with van der Waals surface area (Å²) in [6.07, 6.45) is 2.66. The van der Waals surface area contributed by atoms with Gasteiger partial charge in [-0.2, -0.15) is 0 Å². The topological polar surface area (TPSA) is 50.2 Å². The number of hydrogen-bond donors (Lipinski definition) is 1. The number of carboxylic acids is 1. The van der Waals surface area contributed by atoms with Gasteiger partial charge in [0, 0.05) is 11.4 Å². The van der Waals surface area contributed by atoms with E-state index in [1.165, 1.54) is 11.8 Å². The first-order valence-electron chi connectivity index (χ1n) is 4.91. The minimum atomic E-state index is -0.897. The molecule has 0 amide bonds. The van der Waals surface area contributed by atoms with E-state index in [1.54, 1.807) is 19.2 Å². The SMILES string of the molecule is CCC(C)Sc1nccc(C)c1C(=O)O. The number of hydrogen-bond acceptors (Lipinski definition) is 3. The highest BCUT2D eigenvalue weighted by atomic mass is 32.2. The Balaban J connectivity index is 3.06. The van der Waals surface area contributed by atoms with Crippen molar-refractivity contribution in [2.24, 2.45) is 0 Å². The molecular weight excluding hydrogens is 210 g/mol. The average Bonchev–Trinajstić information content (AvgIpc) is 2.17. The molecule has 0 aliphatic carbocycles. The highest BCUT2D eigenvalue weighted by Crippen LogP contribution is 2.27. The summed E-state index contributed by atoms with van der Waals surface area (Å²) in [4.78, 5) is 15.2. The lowest BCUT2D eigenvalue weighted by Crippen LogP contribution is -2.05. The van der Waals surface area contributed by atoms with Crippen LogP contribution in [0.1, 0.15) is 36.2 Å². The number of aryl methyl sites for hydroxylation is 1. The molecule has 4 heteroatoms. The van der Waals surface area contributed by atoms with Crippen LogP contribution in [0.15, 0.2) is 17.3 Å². The summed E-state index contributed by atoms with van der Waals surface area (Å²) in [5.74, 6) is -0.897. The minimum Gasteiger partial charge on any atom is -0.478 e. The number of aromatic nitrogens is 1. The standard InChI is InChI=1S/C11H15NO2S/c1-4-8(3)15-10-9(11(13)14)7(2)5-6-12-10/h5-6,8H,4H2,1-3H3,(H,13,14). The van der Waals surface area contributed by atoms with Gasteiger partial charge in [0.25, 0.3) is 0 Å². The average molecular weight is 225 g/mol. The molecular formula is C11H15NO2S. The summed E-state index contributed by atoms with van der Waals surface area (Å²) >= 11 is 1.52. The Morgan fingerprint density at radius 1 is 1.67 bits per heavy atom. The van der Waals surface area contributed by atoms with Gasteiger partial charge in [-0.25, -0.2) is 9.78 Å². The minimum absolute atomic E-state index is 0.336. The van der Waals surface area contributed by atoms with E-state index < -0.39 is 5.97 Å². The summed E-state index contributed by atoms with van der Waals surface area (Å²) < 4.78 is 0. The first kappa shape index (κ1) is 12.0. The fourth-order valence-corrected chi connectivity index (χ4v) is 2.19. The third kappa shape index (κ3) is 2.96. The predicted molar refractivity (Wildman–Crippen MR) is 61.5 cm³/mol. The highest BCUT2D eigenvalue weighted by Gasteiger charge is 2.16. The second-order valence-electron chi connectivity index (χ2n) is 3.45. The molecule has 0 saturated heterocycles. The first-order chi connectivity index (χ1) is 7.06. The van der Waals surface area contributed by atoms with E-state index in [0.29, 0.717) is 15.8 Å². The van der Waals surface area contributed by atoms with Crippen molar-refractivity contribution in [2.45, 2.75) is 37.5 Å². The number of carbonyl (C=O) groups is 1. The van der Waals surface area contributed by atoms with Crippen LogP contribution in [0.2, 0.25) is 0 Å². The maximum atomic E-state index is 11.1. The van der Waals surface area contributed by atoms with Gasteiger partial charge in [-0.3, -0.25) is 0 Å². The quantitative estimate of drug-likeness (QED) is 0.800. The largest absolute Gasteiger partial charge is 0.478 e. The lowest BCUT2D eigenvalue weighted by Gasteiger charge is -2.10. The number of pyridine rings is 1. The van der Waals surface area contributed by atoms with Crippen molar-refractivity contribution in [3.05, 3.63) is 23.4 Å². The summed E-state index contributed by atoms with van der Waals surface area (Å²) in [6, 6.07) is 1.73. The Labute approximate surface area is 93.9 Å². The molecule has 0 fully saturated rings. The van der Waals surface area contributed by atoms with E-state index in [2.05, 4.69) is 18.8 Å². The van der Waals surface area contributed by atoms with E-state index in [1.807, 2.05) is 0 Å². The summed E-state index contributed by atoms with van der Waals surface area (Å²) in [7, 11) is 0. The van der Waals surface area contributed by atoms with Gasteiger partial charge in [0.2, 0.25) is 0 Å². The number of nitrogens with zero attached hydrogens (tertiary/aromatic N) is 1. The van der Waals surface area contributed by atoms with Gasteiger partial charge in [-0.05, 0) is 25.0 Å². The van der Waals surface area contributed by atoms with Crippen LogP contribution in [0.25, 0.3) is 0 Å². The van der Waals surface area contributed by atoms with Gasteiger partial charge in [0.1, 0.15) is 5.03 Å². The molecule has 15 heavy (non-hydrogen) atoms. The summed E-state index contributed by atoms with van der Waals surface area (Å²) in [6.45, 7) is 5.94. The Morgan fingerprint density at radius 2 is 2.33 bits per heavy atom. The Bertz CT molecular complexity index is 366. The maximum absolute atomic E-state index is 11.1. The van der Waals surface area contributed by atoms with E-state index >= 15 is 0 Å². The van der Waals surface area contributed by atoms with Crippen LogP contribution >= 0.6 is 11.8 Å². The van der Waals surface area contributed by atoms with Gasteiger partial charge < -0.3 is 5.11 Å². The molecule has 82 valence electrons. The monoisotopic (exact) mass is 225 g/mol. The molecule has 0 aromatic carbocycles. The van der Waals surface area contributed by atoms with Crippen LogP contribution in [0.3, 0.4) is 0 Å². The van der Waals surface area contributed by atoms with Crippen LogP contribution in [0.5, 0.6) is 0 Å². The molecule has 1 unspecified atom stereocenters. The molecule has 0 bridgehead atoms. The van der Waals surface area contributed by atoms with Crippen LogP contribution in [0.4, 0.5) is 0 Å². The van der Waals surface area contributed by atoms with Crippen molar-refractivity contribution in [3.8, 4) is 0 Å². The molecule has 0 radical (unpaired) electrons. The lowest BCUT2D eigenvalue weighted by atomic mass is 10.2. The maximum Gasteiger partial charge on any atom is 0.338 e. The zero-order chi connectivity index (χ0) is 11.4. The molecule has 1 rings (SSSR count). The summed E-state index contributed by atoms with van der Waals surface area (Å²) in [5.41, 5.74) is 1.10. The van der Waals surface area contributed by atoms with Crippen molar-refractivity contribution in [1.29, 1.82) is 0 Å². The number of carboxylic acid groups (broad SMARTS) is 1. The Hall–Kier alpha value is -1.03. The zero-order valence-electron chi connectivity index (χ0n) is 9.15. The highest BCUT2D eigenvalue weighted by molar-refractivity contribution is 7.99. The van der Waals surface area contributed by atoms with E-state index in [4.69, 9.17) is 5.11 Å². The fourth-order valence-electron chi connectivity index (χ4n) is 1.16. The Morgan fingerprint density at radius 3 is 2.87 bits per heavy atom. The molecule has 0 spiro atoms. The van der Waals surface area contributed by atoms with Crippen LogP contribution in [0, 0.1) is 6.92 Å². The zero-order valence-corrected chi connectivity index (χ0v) is 9.97. The fraction of sp³-hybridized carbons (Fsp3) is 0.455. The number of thioether (sulfide) groups is 1. The smallest absolute Gasteiger partial charge is 0.338 e. The Kier molecular flexibility index (Phi) is 4.15. The van der Waals surface area contributed by atoms with Crippen molar-refractivity contribution < 1.29 is 9.90 Å². The van der Waals surface area contributed by atoms with E-state index in [0.717, 1.165) is 12.0 Å². The van der Waals surface area contributed by atoms with Crippen LogP contribution < -0.4 is 0 Å². The van der Waals surface area contributed by atoms with Gasteiger partial charge in [0.05, 0.1) is 5.56 Å². The molecule has 1 aromatic heterocycles. The number of aromatic carboxylic acids is 1. The third-order valence-corrected chi connectivity index (χ3v) is 3.49. The second-order valence-corrected chi connectivity index (χ2v) is 4.88. The molecule has 3 nitrogen and oxygen atoms in total. The van der Waals surface area contributed by atoms with E-state index in [9.17, 15) is 4.79 Å². The van der Waals surface area contributed by atoms with Crippen molar-refractivity contribution in [3.63, 3.8) is 0 Å². The molecule has 0 aliphatic rings. The molecule has 1 heterocycles. The molecule has 1 N–H and O–H groups in total. The van der Waals surface area contributed by atoms with Gasteiger partial charge in [-0.1, -0.05) is 13.8 Å². The molecule has 0 aliphatic heterocycles. The van der Waals surface area contributed by atoms with Crippen LogP contribution in [-0.4, -0.2) is 21.3 Å². The van der Waals surface area contributed by atoms with Crippen molar-refractivity contribution in [1.82, 2.24) is 4.98 Å². The molecule has 1 atom stereocenters. The first-order valence-corrected chi connectivity index (χ1v) is 5.79. The van der Waals surface area contributed by atoms with Gasteiger partial charge in [0.15, 0.2) is 0 Å². The molecule has 1 aromatic rings.